The van der Waals surface area contributed by atoms with Crippen LogP contribution in [0.2, 0.25) is 0 Å². The molecule has 2 rings (SSSR count). The van der Waals surface area contributed by atoms with Gasteiger partial charge in [0, 0.05) is 30.4 Å². The van der Waals surface area contributed by atoms with Gasteiger partial charge in [-0.1, -0.05) is 24.3 Å². The maximum absolute atomic E-state index is 12.0. The van der Waals surface area contributed by atoms with Gasteiger partial charge in [-0.3, -0.25) is 9.59 Å². The number of aliphatic hydroxyl groups excluding tert-OH is 1. The zero-order valence-corrected chi connectivity index (χ0v) is 14.0. The molecule has 0 saturated carbocycles. The number of rotatable bonds is 6. The summed E-state index contributed by atoms with van der Waals surface area (Å²) in [6, 6.07) is 11.9. The molecule has 25 heavy (non-hydrogen) atoms. The van der Waals surface area contributed by atoms with Crippen molar-refractivity contribution in [3.05, 3.63) is 53.6 Å². The van der Waals surface area contributed by atoms with Crippen LogP contribution in [0.5, 0.6) is 11.5 Å². The number of amides is 2. The summed E-state index contributed by atoms with van der Waals surface area (Å²) in [5.74, 6) is -0.606. The van der Waals surface area contributed by atoms with Crippen molar-refractivity contribution in [2.24, 2.45) is 0 Å². The van der Waals surface area contributed by atoms with Gasteiger partial charge in [-0.2, -0.15) is 0 Å². The number of aliphatic hydroxyl groups is 1. The van der Waals surface area contributed by atoms with Crippen molar-refractivity contribution in [3.63, 3.8) is 0 Å². The summed E-state index contributed by atoms with van der Waals surface area (Å²) in [5.41, 5.74) is 1.82. The van der Waals surface area contributed by atoms with E-state index >= 15 is 0 Å². The third kappa shape index (κ3) is 4.95. The lowest BCUT2D eigenvalue weighted by Gasteiger charge is -2.11. The average molecular weight is 344 g/mol. The standard InChI is InChI=1S/C18H20N2O5/c1-24-15-7-14(8-16(9-15)25-2)20-18(23)17(22)19-10-12-5-3-4-6-13(12)11-21/h3-9,21H,10-11H2,1-2H3,(H,19,22)(H,20,23). The van der Waals surface area contributed by atoms with Crippen LogP contribution in [-0.2, 0) is 22.7 Å². The van der Waals surface area contributed by atoms with Gasteiger partial charge < -0.3 is 25.2 Å². The third-order valence-electron chi connectivity index (χ3n) is 3.54. The topological polar surface area (TPSA) is 96.9 Å². The smallest absolute Gasteiger partial charge is 0.313 e. The maximum atomic E-state index is 12.0. The van der Waals surface area contributed by atoms with E-state index in [9.17, 15) is 14.7 Å². The number of carbonyl (C=O) groups is 2. The van der Waals surface area contributed by atoms with Gasteiger partial charge in [-0.25, -0.2) is 0 Å². The number of ether oxygens (including phenoxy) is 2. The number of hydrogen-bond donors (Lipinski definition) is 3. The van der Waals surface area contributed by atoms with Crippen LogP contribution in [0.3, 0.4) is 0 Å². The molecule has 0 spiro atoms. The van der Waals surface area contributed by atoms with Gasteiger partial charge >= 0.3 is 11.8 Å². The highest BCUT2D eigenvalue weighted by Gasteiger charge is 2.15. The number of nitrogens with one attached hydrogen (secondary N) is 2. The van der Waals surface area contributed by atoms with E-state index in [0.29, 0.717) is 22.7 Å². The van der Waals surface area contributed by atoms with Crippen molar-refractivity contribution < 1.29 is 24.2 Å². The summed E-state index contributed by atoms with van der Waals surface area (Å²) in [6.07, 6.45) is 0. The highest BCUT2D eigenvalue weighted by molar-refractivity contribution is 6.39. The number of carbonyl (C=O) groups excluding carboxylic acids is 2. The Morgan fingerprint density at radius 2 is 1.56 bits per heavy atom. The highest BCUT2D eigenvalue weighted by atomic mass is 16.5. The fraction of sp³-hybridized carbons (Fsp3) is 0.222. The van der Waals surface area contributed by atoms with Crippen LogP contribution < -0.4 is 20.1 Å². The maximum Gasteiger partial charge on any atom is 0.313 e. The van der Waals surface area contributed by atoms with Gasteiger partial charge in [-0.05, 0) is 11.1 Å². The molecule has 132 valence electrons. The van der Waals surface area contributed by atoms with Crippen LogP contribution >= 0.6 is 0 Å². The summed E-state index contributed by atoms with van der Waals surface area (Å²) in [6.45, 7) is 0.00621. The zero-order valence-electron chi connectivity index (χ0n) is 14.0. The molecule has 0 fully saturated rings. The van der Waals surface area contributed by atoms with Crippen molar-refractivity contribution in [3.8, 4) is 11.5 Å². The first-order valence-electron chi connectivity index (χ1n) is 7.57. The summed E-state index contributed by atoms with van der Waals surface area (Å²) in [4.78, 5) is 24.0. The van der Waals surface area contributed by atoms with Gasteiger partial charge in [0.1, 0.15) is 11.5 Å². The van der Waals surface area contributed by atoms with Gasteiger partial charge in [0.25, 0.3) is 0 Å². The van der Waals surface area contributed by atoms with Gasteiger partial charge in [0.2, 0.25) is 0 Å². The fourth-order valence-electron chi connectivity index (χ4n) is 2.21. The molecule has 7 heteroatoms. The molecule has 3 N–H and O–H groups in total. The minimum Gasteiger partial charge on any atom is -0.497 e. The second kappa shape index (κ2) is 8.70. The largest absolute Gasteiger partial charge is 0.497 e. The van der Waals surface area contributed by atoms with Gasteiger partial charge in [-0.15, -0.1) is 0 Å². The molecule has 0 atom stereocenters. The van der Waals surface area contributed by atoms with Crippen LogP contribution in [0, 0.1) is 0 Å². The fourth-order valence-corrected chi connectivity index (χ4v) is 2.21. The quantitative estimate of drug-likeness (QED) is 0.689. The van der Waals surface area contributed by atoms with E-state index in [4.69, 9.17) is 9.47 Å². The minimum atomic E-state index is -0.809. The van der Waals surface area contributed by atoms with E-state index in [1.807, 2.05) is 0 Å². The third-order valence-corrected chi connectivity index (χ3v) is 3.54. The summed E-state index contributed by atoms with van der Waals surface area (Å²) < 4.78 is 10.2. The molecular formula is C18H20N2O5. The lowest BCUT2D eigenvalue weighted by Crippen LogP contribution is -2.35. The van der Waals surface area contributed by atoms with Crippen LogP contribution in [0.4, 0.5) is 5.69 Å². The molecule has 2 amide bonds. The molecule has 0 radical (unpaired) electrons. The first-order valence-corrected chi connectivity index (χ1v) is 7.57. The molecule has 0 unspecified atom stereocenters. The Morgan fingerprint density at radius 1 is 0.960 bits per heavy atom. The molecule has 2 aromatic carbocycles. The van der Waals surface area contributed by atoms with Crippen molar-refractivity contribution in [2.45, 2.75) is 13.2 Å². The minimum absolute atomic E-state index is 0.137. The van der Waals surface area contributed by atoms with Crippen LogP contribution in [0.1, 0.15) is 11.1 Å². The average Bonchev–Trinajstić information content (AvgIpc) is 2.65. The van der Waals surface area contributed by atoms with Crippen LogP contribution in [-0.4, -0.2) is 31.1 Å². The Hall–Kier alpha value is -3.06. The number of anilines is 1. The summed E-state index contributed by atoms with van der Waals surface area (Å²) >= 11 is 0. The Labute approximate surface area is 145 Å². The SMILES string of the molecule is COc1cc(NC(=O)C(=O)NCc2ccccc2CO)cc(OC)c1. The molecule has 0 aliphatic rings. The molecule has 7 nitrogen and oxygen atoms in total. The summed E-state index contributed by atoms with van der Waals surface area (Å²) in [7, 11) is 2.98. The number of hydrogen-bond acceptors (Lipinski definition) is 5. The first kappa shape index (κ1) is 18.3. The van der Waals surface area contributed by atoms with E-state index in [0.717, 1.165) is 5.56 Å². The van der Waals surface area contributed by atoms with E-state index in [-0.39, 0.29) is 13.2 Å². The molecule has 0 heterocycles. The van der Waals surface area contributed by atoms with Gasteiger partial charge in [0.15, 0.2) is 0 Å². The lowest BCUT2D eigenvalue weighted by atomic mass is 10.1. The molecule has 2 aromatic rings. The van der Waals surface area contributed by atoms with Crippen molar-refractivity contribution in [1.82, 2.24) is 5.32 Å². The zero-order chi connectivity index (χ0) is 18.2. The van der Waals surface area contributed by atoms with Crippen molar-refractivity contribution in [1.29, 1.82) is 0 Å². The number of methoxy groups -OCH3 is 2. The normalized spacial score (nSPS) is 10.0. The second-order valence-electron chi connectivity index (χ2n) is 5.16. The van der Waals surface area contributed by atoms with E-state index in [1.54, 1.807) is 42.5 Å². The molecule has 0 saturated heterocycles. The Kier molecular flexibility index (Phi) is 6.36. The van der Waals surface area contributed by atoms with Crippen molar-refractivity contribution >= 4 is 17.5 Å². The Balaban J connectivity index is 2.00. The lowest BCUT2D eigenvalue weighted by molar-refractivity contribution is -0.136. The second-order valence-corrected chi connectivity index (χ2v) is 5.16. The molecule has 0 aliphatic carbocycles. The predicted molar refractivity (Wildman–Crippen MR) is 92.4 cm³/mol. The Bertz CT molecular complexity index is 739. The van der Waals surface area contributed by atoms with Crippen LogP contribution in [0.15, 0.2) is 42.5 Å². The van der Waals surface area contributed by atoms with E-state index in [2.05, 4.69) is 10.6 Å². The number of benzene rings is 2. The van der Waals surface area contributed by atoms with Gasteiger partial charge in [0.05, 0.1) is 20.8 Å². The van der Waals surface area contributed by atoms with Crippen LogP contribution in [0.25, 0.3) is 0 Å². The first-order chi connectivity index (χ1) is 12.1. The van der Waals surface area contributed by atoms with E-state index < -0.39 is 11.8 Å². The highest BCUT2D eigenvalue weighted by Crippen LogP contribution is 2.25. The molecule has 0 aliphatic heterocycles. The molecular weight excluding hydrogens is 324 g/mol. The predicted octanol–water partition coefficient (Wildman–Crippen LogP) is 1.45. The molecule has 0 bridgehead atoms. The van der Waals surface area contributed by atoms with Crippen molar-refractivity contribution in [2.75, 3.05) is 19.5 Å². The molecule has 0 aromatic heterocycles. The monoisotopic (exact) mass is 344 g/mol. The summed E-state index contributed by atoms with van der Waals surface area (Å²) in [5, 5.41) is 14.3. The van der Waals surface area contributed by atoms with E-state index in [1.165, 1.54) is 14.2 Å². The Morgan fingerprint density at radius 3 is 2.12 bits per heavy atom.